The second-order valence-electron chi connectivity index (χ2n) is 7.63. The third-order valence-corrected chi connectivity index (χ3v) is 4.49. The highest BCUT2D eigenvalue weighted by Crippen LogP contribution is 2.25. The monoisotopic (exact) mass is 318 g/mol. The van der Waals surface area contributed by atoms with Gasteiger partial charge in [0, 0.05) is 12.6 Å². The van der Waals surface area contributed by atoms with Gasteiger partial charge < -0.3 is 10.1 Å². The average molecular weight is 318 g/mol. The molecule has 0 aromatic heterocycles. The van der Waals surface area contributed by atoms with Crippen LogP contribution < -0.4 is 5.32 Å². The average Bonchev–Trinajstić information content (AvgIpc) is 2.46. The molecule has 1 fully saturated rings. The van der Waals surface area contributed by atoms with Gasteiger partial charge in [-0.05, 0) is 52.1 Å². The number of alkyl carbamates (subject to hydrolysis) is 1. The molecular formula is C19H30N2O2. The van der Waals surface area contributed by atoms with Crippen molar-refractivity contribution >= 4 is 6.09 Å². The van der Waals surface area contributed by atoms with E-state index in [0.717, 1.165) is 19.5 Å². The standard InChI is InChI=1S/C19H30N2O2/c1-14-11-12-21(13-16-9-7-6-8-10-16)15(2)17(14)20-18(22)23-19(3,4)5/h6-10,14-15,17H,11-13H2,1-5H3,(H,20,22). The molecule has 0 radical (unpaired) electrons. The lowest BCUT2D eigenvalue weighted by Crippen LogP contribution is -2.57. The van der Waals surface area contributed by atoms with Gasteiger partial charge in [0.05, 0.1) is 6.04 Å². The Bertz CT molecular complexity index is 510. The van der Waals surface area contributed by atoms with Crippen molar-refractivity contribution in [2.24, 2.45) is 5.92 Å². The third kappa shape index (κ3) is 5.24. The number of nitrogens with one attached hydrogen (secondary N) is 1. The van der Waals surface area contributed by atoms with Crippen LogP contribution in [0.4, 0.5) is 4.79 Å². The quantitative estimate of drug-likeness (QED) is 0.921. The maximum atomic E-state index is 12.1. The molecule has 0 bridgehead atoms. The Morgan fingerprint density at radius 2 is 1.91 bits per heavy atom. The van der Waals surface area contributed by atoms with Crippen LogP contribution in [0, 0.1) is 5.92 Å². The molecule has 4 heteroatoms. The summed E-state index contributed by atoms with van der Waals surface area (Å²) < 4.78 is 5.42. The van der Waals surface area contributed by atoms with E-state index in [2.05, 4.69) is 48.3 Å². The number of rotatable bonds is 3. The Morgan fingerprint density at radius 3 is 2.52 bits per heavy atom. The van der Waals surface area contributed by atoms with Gasteiger partial charge in [0.15, 0.2) is 0 Å². The predicted octanol–water partition coefficient (Wildman–Crippen LogP) is 3.81. The van der Waals surface area contributed by atoms with Gasteiger partial charge in [-0.1, -0.05) is 37.3 Å². The second-order valence-corrected chi connectivity index (χ2v) is 7.63. The minimum Gasteiger partial charge on any atom is -0.444 e. The molecule has 1 aliphatic rings. The first-order chi connectivity index (χ1) is 10.8. The van der Waals surface area contributed by atoms with E-state index in [4.69, 9.17) is 4.74 Å². The molecule has 1 aliphatic heterocycles. The fraction of sp³-hybridized carbons (Fsp3) is 0.632. The highest BCUT2D eigenvalue weighted by atomic mass is 16.6. The van der Waals surface area contributed by atoms with Gasteiger partial charge in [0.25, 0.3) is 0 Å². The molecule has 1 saturated heterocycles. The van der Waals surface area contributed by atoms with Crippen LogP contribution in [0.3, 0.4) is 0 Å². The van der Waals surface area contributed by atoms with E-state index in [1.165, 1.54) is 5.56 Å². The molecule has 0 aliphatic carbocycles. The highest BCUT2D eigenvalue weighted by Gasteiger charge is 2.34. The molecule has 0 spiro atoms. The van der Waals surface area contributed by atoms with Crippen molar-refractivity contribution in [2.75, 3.05) is 6.54 Å². The van der Waals surface area contributed by atoms with Crippen molar-refractivity contribution in [3.63, 3.8) is 0 Å². The number of benzene rings is 1. The van der Waals surface area contributed by atoms with Gasteiger partial charge in [-0.15, -0.1) is 0 Å². The van der Waals surface area contributed by atoms with Gasteiger partial charge in [-0.25, -0.2) is 4.79 Å². The molecule has 23 heavy (non-hydrogen) atoms. The first-order valence-corrected chi connectivity index (χ1v) is 8.54. The van der Waals surface area contributed by atoms with Crippen LogP contribution in [0.5, 0.6) is 0 Å². The number of nitrogens with zero attached hydrogens (tertiary/aromatic N) is 1. The molecule has 3 atom stereocenters. The summed E-state index contributed by atoms with van der Waals surface area (Å²) >= 11 is 0. The van der Waals surface area contributed by atoms with E-state index in [1.54, 1.807) is 0 Å². The number of hydrogen-bond donors (Lipinski definition) is 1. The molecule has 0 saturated carbocycles. The summed E-state index contributed by atoms with van der Waals surface area (Å²) in [6.45, 7) is 12.1. The van der Waals surface area contributed by atoms with Crippen LogP contribution in [-0.4, -0.2) is 35.2 Å². The van der Waals surface area contributed by atoms with Crippen LogP contribution in [-0.2, 0) is 11.3 Å². The maximum Gasteiger partial charge on any atom is 0.407 e. The lowest BCUT2D eigenvalue weighted by atomic mass is 9.87. The zero-order valence-electron chi connectivity index (χ0n) is 15.0. The Morgan fingerprint density at radius 1 is 1.26 bits per heavy atom. The Labute approximate surface area is 140 Å². The fourth-order valence-electron chi connectivity index (χ4n) is 3.20. The lowest BCUT2D eigenvalue weighted by molar-refractivity contribution is 0.0337. The van der Waals surface area contributed by atoms with Gasteiger partial charge in [0.1, 0.15) is 5.60 Å². The SMILES string of the molecule is CC1CCN(Cc2ccccc2)C(C)C1NC(=O)OC(C)(C)C. The van der Waals surface area contributed by atoms with E-state index in [0.29, 0.717) is 5.92 Å². The van der Waals surface area contributed by atoms with Crippen LogP contribution in [0.1, 0.15) is 46.6 Å². The van der Waals surface area contributed by atoms with E-state index >= 15 is 0 Å². The van der Waals surface area contributed by atoms with E-state index in [9.17, 15) is 4.79 Å². The summed E-state index contributed by atoms with van der Waals surface area (Å²) in [5.74, 6) is 0.449. The number of hydrogen-bond acceptors (Lipinski definition) is 3. The molecule has 1 aromatic rings. The molecule has 3 unspecified atom stereocenters. The van der Waals surface area contributed by atoms with E-state index in [-0.39, 0.29) is 18.2 Å². The summed E-state index contributed by atoms with van der Waals surface area (Å²) in [6, 6.07) is 10.9. The van der Waals surface area contributed by atoms with Crippen LogP contribution in [0.25, 0.3) is 0 Å². The molecular weight excluding hydrogens is 288 g/mol. The van der Waals surface area contributed by atoms with Gasteiger partial charge >= 0.3 is 6.09 Å². The number of amides is 1. The number of piperidine rings is 1. The fourth-order valence-corrected chi connectivity index (χ4v) is 3.20. The third-order valence-electron chi connectivity index (χ3n) is 4.49. The van der Waals surface area contributed by atoms with Crippen LogP contribution in [0.15, 0.2) is 30.3 Å². The van der Waals surface area contributed by atoms with Gasteiger partial charge in [-0.2, -0.15) is 0 Å². The number of carbonyl (C=O) groups is 1. The van der Waals surface area contributed by atoms with Crippen molar-refractivity contribution in [3.05, 3.63) is 35.9 Å². The zero-order chi connectivity index (χ0) is 17.0. The second kappa shape index (κ2) is 7.35. The predicted molar refractivity (Wildman–Crippen MR) is 93.3 cm³/mol. The Kier molecular flexibility index (Phi) is 5.69. The molecule has 1 aromatic carbocycles. The maximum absolute atomic E-state index is 12.1. The van der Waals surface area contributed by atoms with Crippen molar-refractivity contribution in [1.29, 1.82) is 0 Å². The van der Waals surface area contributed by atoms with Crippen LogP contribution >= 0.6 is 0 Å². The Hall–Kier alpha value is -1.55. The first kappa shape index (κ1) is 17.8. The largest absolute Gasteiger partial charge is 0.444 e. The molecule has 128 valence electrons. The number of likely N-dealkylation sites (tertiary alicyclic amines) is 1. The molecule has 1 amide bonds. The molecule has 1 heterocycles. The topological polar surface area (TPSA) is 41.6 Å². The zero-order valence-corrected chi connectivity index (χ0v) is 15.0. The van der Waals surface area contributed by atoms with Crippen molar-refractivity contribution in [3.8, 4) is 0 Å². The van der Waals surface area contributed by atoms with Crippen molar-refractivity contribution in [2.45, 2.75) is 65.3 Å². The highest BCUT2D eigenvalue weighted by molar-refractivity contribution is 5.68. The summed E-state index contributed by atoms with van der Waals surface area (Å²) in [5.41, 5.74) is 0.847. The smallest absolute Gasteiger partial charge is 0.407 e. The summed E-state index contributed by atoms with van der Waals surface area (Å²) in [7, 11) is 0. The van der Waals surface area contributed by atoms with E-state index in [1.807, 2.05) is 26.8 Å². The summed E-state index contributed by atoms with van der Waals surface area (Å²) in [6.07, 6.45) is 0.764. The van der Waals surface area contributed by atoms with Gasteiger partial charge in [-0.3, -0.25) is 4.90 Å². The molecule has 1 N–H and O–H groups in total. The van der Waals surface area contributed by atoms with E-state index < -0.39 is 5.60 Å². The molecule has 2 rings (SSSR count). The first-order valence-electron chi connectivity index (χ1n) is 8.54. The number of ether oxygens (including phenoxy) is 1. The van der Waals surface area contributed by atoms with Gasteiger partial charge in [0.2, 0.25) is 0 Å². The molecule has 4 nitrogen and oxygen atoms in total. The number of carbonyl (C=O) groups excluding carboxylic acids is 1. The van der Waals surface area contributed by atoms with Crippen molar-refractivity contribution in [1.82, 2.24) is 10.2 Å². The summed E-state index contributed by atoms with van der Waals surface area (Å²) in [5, 5.41) is 3.09. The lowest BCUT2D eigenvalue weighted by Gasteiger charge is -2.43. The van der Waals surface area contributed by atoms with Crippen LogP contribution in [0.2, 0.25) is 0 Å². The normalized spacial score (nSPS) is 25.9. The van der Waals surface area contributed by atoms with Crippen molar-refractivity contribution < 1.29 is 9.53 Å². The summed E-state index contributed by atoms with van der Waals surface area (Å²) in [4.78, 5) is 14.6. The minimum atomic E-state index is -0.463. The Balaban J connectivity index is 1.99. The minimum absolute atomic E-state index is 0.113.